The van der Waals surface area contributed by atoms with Gasteiger partial charge in [-0.25, -0.2) is 0 Å². The van der Waals surface area contributed by atoms with Crippen LogP contribution in [0.5, 0.6) is 0 Å². The molecule has 112 valence electrons. The fourth-order valence-electron chi connectivity index (χ4n) is 3.00. The molecule has 4 nitrogen and oxygen atoms in total. The van der Waals surface area contributed by atoms with Gasteiger partial charge in [-0.05, 0) is 65.7 Å². The van der Waals surface area contributed by atoms with Gasteiger partial charge in [0, 0.05) is 26.1 Å². The highest BCUT2D eigenvalue weighted by molar-refractivity contribution is 5.76. The van der Waals surface area contributed by atoms with Gasteiger partial charge in [-0.3, -0.25) is 4.79 Å². The van der Waals surface area contributed by atoms with Crippen molar-refractivity contribution in [2.24, 2.45) is 5.92 Å². The van der Waals surface area contributed by atoms with Crippen LogP contribution in [0, 0.1) is 5.92 Å². The number of amides is 1. The maximum Gasteiger partial charge on any atom is 0.222 e. The van der Waals surface area contributed by atoms with E-state index < -0.39 is 0 Å². The third-order valence-electron chi connectivity index (χ3n) is 4.08. The molecule has 1 aliphatic rings. The lowest BCUT2D eigenvalue weighted by molar-refractivity contribution is -0.131. The lowest BCUT2D eigenvalue weighted by Crippen LogP contribution is -2.39. The summed E-state index contributed by atoms with van der Waals surface area (Å²) in [5.74, 6) is 1.10. The number of rotatable bonds is 8. The summed E-state index contributed by atoms with van der Waals surface area (Å²) in [6.45, 7) is 10.4. The molecule has 0 bridgehead atoms. The standard InChI is InChI=1S/C15H31N3O/c1-4-18(5-2)15(19)9-7-11-17-10-6-8-14(13-17)12-16-3/h14,16H,4-13H2,1-3H3. The molecule has 0 aromatic rings. The molecule has 0 aliphatic carbocycles. The highest BCUT2D eigenvalue weighted by Crippen LogP contribution is 2.16. The zero-order valence-corrected chi connectivity index (χ0v) is 13.0. The van der Waals surface area contributed by atoms with Gasteiger partial charge in [0.2, 0.25) is 5.91 Å². The Labute approximate surface area is 118 Å². The number of hydrogen-bond acceptors (Lipinski definition) is 3. The number of hydrogen-bond donors (Lipinski definition) is 1. The molecule has 1 heterocycles. The van der Waals surface area contributed by atoms with Crippen LogP contribution in [0.3, 0.4) is 0 Å². The normalized spacial score (nSPS) is 20.5. The molecule has 1 fully saturated rings. The van der Waals surface area contributed by atoms with Crippen molar-refractivity contribution >= 4 is 5.91 Å². The third-order valence-corrected chi connectivity index (χ3v) is 4.08. The number of nitrogens with zero attached hydrogens (tertiary/aromatic N) is 2. The van der Waals surface area contributed by atoms with Crippen molar-refractivity contribution < 1.29 is 4.79 Å². The zero-order chi connectivity index (χ0) is 14.1. The van der Waals surface area contributed by atoms with Crippen LogP contribution in [0.25, 0.3) is 0 Å². The van der Waals surface area contributed by atoms with Crippen molar-refractivity contribution in [2.45, 2.75) is 39.5 Å². The second kappa shape index (κ2) is 9.32. The molecule has 1 atom stereocenters. The molecule has 1 amide bonds. The average Bonchev–Trinajstić information content (AvgIpc) is 2.41. The molecular formula is C15H31N3O. The van der Waals surface area contributed by atoms with Crippen molar-refractivity contribution in [1.29, 1.82) is 0 Å². The van der Waals surface area contributed by atoms with Crippen LogP contribution in [0.15, 0.2) is 0 Å². The molecule has 1 aliphatic heterocycles. The first-order valence-electron chi connectivity index (χ1n) is 7.85. The summed E-state index contributed by atoms with van der Waals surface area (Å²) in [7, 11) is 2.03. The molecule has 1 rings (SSSR count). The summed E-state index contributed by atoms with van der Waals surface area (Å²) in [6.07, 6.45) is 4.35. The second-order valence-electron chi connectivity index (χ2n) is 5.54. The van der Waals surface area contributed by atoms with Crippen LogP contribution in [-0.2, 0) is 4.79 Å². The minimum absolute atomic E-state index is 0.314. The van der Waals surface area contributed by atoms with Crippen LogP contribution in [0.1, 0.15) is 39.5 Å². The van der Waals surface area contributed by atoms with Gasteiger partial charge < -0.3 is 15.1 Å². The largest absolute Gasteiger partial charge is 0.343 e. The summed E-state index contributed by atoms with van der Waals surface area (Å²) in [5, 5.41) is 3.27. The van der Waals surface area contributed by atoms with Gasteiger partial charge >= 0.3 is 0 Å². The summed E-state index contributed by atoms with van der Waals surface area (Å²) < 4.78 is 0. The van der Waals surface area contributed by atoms with E-state index in [-0.39, 0.29) is 0 Å². The second-order valence-corrected chi connectivity index (χ2v) is 5.54. The molecule has 0 aromatic heterocycles. The first-order valence-corrected chi connectivity index (χ1v) is 7.85. The fourth-order valence-corrected chi connectivity index (χ4v) is 3.00. The van der Waals surface area contributed by atoms with Crippen LogP contribution in [0.4, 0.5) is 0 Å². The van der Waals surface area contributed by atoms with Gasteiger partial charge in [-0.2, -0.15) is 0 Å². The number of nitrogens with one attached hydrogen (secondary N) is 1. The maximum absolute atomic E-state index is 11.9. The van der Waals surface area contributed by atoms with E-state index >= 15 is 0 Å². The summed E-state index contributed by atoms with van der Waals surface area (Å²) in [5.41, 5.74) is 0. The molecule has 0 radical (unpaired) electrons. The van der Waals surface area contributed by atoms with Gasteiger partial charge in [0.15, 0.2) is 0 Å². The van der Waals surface area contributed by atoms with E-state index in [1.54, 1.807) is 0 Å². The molecule has 1 N–H and O–H groups in total. The Kier molecular flexibility index (Phi) is 8.07. The van der Waals surface area contributed by atoms with Crippen molar-refractivity contribution in [3.05, 3.63) is 0 Å². The minimum atomic E-state index is 0.314. The van der Waals surface area contributed by atoms with E-state index in [2.05, 4.69) is 10.2 Å². The molecule has 0 spiro atoms. The zero-order valence-electron chi connectivity index (χ0n) is 13.0. The minimum Gasteiger partial charge on any atom is -0.343 e. The fraction of sp³-hybridized carbons (Fsp3) is 0.933. The Morgan fingerprint density at radius 3 is 2.74 bits per heavy atom. The number of piperidine rings is 1. The average molecular weight is 269 g/mol. The Morgan fingerprint density at radius 1 is 1.37 bits per heavy atom. The first-order chi connectivity index (χ1) is 9.21. The first kappa shape index (κ1) is 16.4. The van der Waals surface area contributed by atoms with E-state index in [9.17, 15) is 4.79 Å². The topological polar surface area (TPSA) is 35.6 Å². The molecular weight excluding hydrogens is 238 g/mol. The van der Waals surface area contributed by atoms with Crippen LogP contribution in [0.2, 0.25) is 0 Å². The van der Waals surface area contributed by atoms with Crippen molar-refractivity contribution in [3.8, 4) is 0 Å². The molecule has 1 unspecified atom stereocenters. The summed E-state index contributed by atoms with van der Waals surface area (Å²) in [4.78, 5) is 16.4. The molecule has 4 heteroatoms. The van der Waals surface area contributed by atoms with E-state index in [0.29, 0.717) is 12.3 Å². The molecule has 19 heavy (non-hydrogen) atoms. The monoisotopic (exact) mass is 269 g/mol. The number of carbonyl (C=O) groups excluding carboxylic acids is 1. The van der Waals surface area contributed by atoms with E-state index in [1.807, 2.05) is 25.8 Å². The van der Waals surface area contributed by atoms with E-state index in [0.717, 1.165) is 38.5 Å². The Bertz CT molecular complexity index is 252. The van der Waals surface area contributed by atoms with Crippen LogP contribution >= 0.6 is 0 Å². The van der Waals surface area contributed by atoms with E-state index in [4.69, 9.17) is 0 Å². The predicted molar refractivity (Wildman–Crippen MR) is 80.3 cm³/mol. The SMILES string of the molecule is CCN(CC)C(=O)CCCN1CCCC(CNC)C1. The quantitative estimate of drug-likeness (QED) is 0.726. The Balaban J connectivity index is 2.19. The van der Waals surface area contributed by atoms with Gasteiger partial charge in [-0.15, -0.1) is 0 Å². The smallest absolute Gasteiger partial charge is 0.222 e. The summed E-state index contributed by atoms with van der Waals surface area (Å²) >= 11 is 0. The number of likely N-dealkylation sites (tertiary alicyclic amines) is 1. The number of carbonyl (C=O) groups is 1. The predicted octanol–water partition coefficient (Wildman–Crippen LogP) is 1.57. The van der Waals surface area contributed by atoms with E-state index in [1.165, 1.54) is 25.9 Å². The molecule has 0 saturated carbocycles. The third kappa shape index (κ3) is 5.91. The summed E-state index contributed by atoms with van der Waals surface area (Å²) in [6, 6.07) is 0. The Hall–Kier alpha value is -0.610. The highest BCUT2D eigenvalue weighted by Gasteiger charge is 2.19. The maximum atomic E-state index is 11.9. The van der Waals surface area contributed by atoms with Crippen LogP contribution < -0.4 is 5.32 Å². The lowest BCUT2D eigenvalue weighted by atomic mass is 9.98. The Morgan fingerprint density at radius 2 is 2.11 bits per heavy atom. The van der Waals surface area contributed by atoms with Gasteiger partial charge in [0.1, 0.15) is 0 Å². The van der Waals surface area contributed by atoms with Crippen molar-refractivity contribution in [3.63, 3.8) is 0 Å². The van der Waals surface area contributed by atoms with Crippen molar-refractivity contribution in [2.75, 3.05) is 46.3 Å². The highest BCUT2D eigenvalue weighted by atomic mass is 16.2. The van der Waals surface area contributed by atoms with Gasteiger partial charge in [-0.1, -0.05) is 0 Å². The lowest BCUT2D eigenvalue weighted by Gasteiger charge is -2.32. The molecule has 1 saturated heterocycles. The van der Waals surface area contributed by atoms with Crippen LogP contribution in [-0.4, -0.2) is 62.0 Å². The van der Waals surface area contributed by atoms with Crippen molar-refractivity contribution in [1.82, 2.24) is 15.1 Å². The van der Waals surface area contributed by atoms with Gasteiger partial charge in [0.25, 0.3) is 0 Å². The molecule has 0 aromatic carbocycles. The van der Waals surface area contributed by atoms with Gasteiger partial charge in [0.05, 0.1) is 0 Å².